The van der Waals surface area contributed by atoms with Crippen LogP contribution in [0.25, 0.3) is 0 Å². The molecule has 2 amide bonds. The third-order valence-corrected chi connectivity index (χ3v) is 4.78. The molecule has 6 heteroatoms. The Hall–Kier alpha value is -1.56. The molecule has 0 aliphatic carbocycles. The molecule has 116 valence electrons. The van der Waals surface area contributed by atoms with E-state index in [2.05, 4.69) is 12.2 Å². The van der Waals surface area contributed by atoms with E-state index in [1.54, 1.807) is 10.3 Å². The molecular weight excluding hydrogens is 288 g/mol. The molecular formula is C15H22N2O3S. The van der Waals surface area contributed by atoms with Crippen LogP contribution >= 0.6 is 11.3 Å². The number of aromatic carboxylic acids is 1. The van der Waals surface area contributed by atoms with E-state index >= 15 is 0 Å². The molecule has 1 fully saturated rings. The average molecular weight is 310 g/mol. The van der Waals surface area contributed by atoms with Gasteiger partial charge in [-0.3, -0.25) is 5.32 Å². The van der Waals surface area contributed by atoms with E-state index in [0.717, 1.165) is 25.9 Å². The molecule has 1 aliphatic rings. The van der Waals surface area contributed by atoms with E-state index in [1.807, 2.05) is 0 Å². The van der Waals surface area contributed by atoms with Gasteiger partial charge in [-0.15, -0.1) is 11.3 Å². The monoisotopic (exact) mass is 310 g/mol. The van der Waals surface area contributed by atoms with Crippen LogP contribution in [0.15, 0.2) is 11.4 Å². The molecule has 1 aromatic rings. The van der Waals surface area contributed by atoms with Crippen molar-refractivity contribution in [2.24, 2.45) is 5.92 Å². The van der Waals surface area contributed by atoms with Gasteiger partial charge in [0.05, 0.1) is 5.56 Å². The Kier molecular flexibility index (Phi) is 5.61. The number of carbonyl (C=O) groups excluding carboxylic acids is 1. The quantitative estimate of drug-likeness (QED) is 0.886. The minimum atomic E-state index is -1.01. The molecule has 1 aromatic heterocycles. The number of carbonyl (C=O) groups is 2. The molecule has 2 rings (SSSR count). The number of hydrogen-bond donors (Lipinski definition) is 2. The highest BCUT2D eigenvalue weighted by molar-refractivity contribution is 7.14. The second-order valence-corrected chi connectivity index (χ2v) is 6.39. The summed E-state index contributed by atoms with van der Waals surface area (Å²) in [5, 5.41) is 13.9. The first kappa shape index (κ1) is 15.8. The van der Waals surface area contributed by atoms with E-state index in [1.165, 1.54) is 36.7 Å². The molecule has 0 spiro atoms. The topological polar surface area (TPSA) is 69.6 Å². The van der Waals surface area contributed by atoms with E-state index in [4.69, 9.17) is 5.11 Å². The van der Waals surface area contributed by atoms with E-state index in [-0.39, 0.29) is 11.6 Å². The zero-order chi connectivity index (χ0) is 15.2. The number of amides is 2. The predicted molar refractivity (Wildman–Crippen MR) is 84.1 cm³/mol. The number of hydrogen-bond acceptors (Lipinski definition) is 3. The lowest BCUT2D eigenvalue weighted by atomic mass is 9.96. The van der Waals surface area contributed by atoms with Gasteiger partial charge < -0.3 is 10.0 Å². The summed E-state index contributed by atoms with van der Waals surface area (Å²) in [6.45, 7) is 3.70. The van der Waals surface area contributed by atoms with Crippen LogP contribution in [-0.2, 0) is 0 Å². The molecule has 2 N–H and O–H groups in total. The second-order valence-electron chi connectivity index (χ2n) is 5.47. The maximum absolute atomic E-state index is 12.3. The number of thiophene rings is 1. The average Bonchev–Trinajstić information content (AvgIpc) is 2.77. The zero-order valence-corrected chi connectivity index (χ0v) is 13.1. The highest BCUT2D eigenvalue weighted by atomic mass is 32.1. The van der Waals surface area contributed by atoms with Gasteiger partial charge in [0.15, 0.2) is 0 Å². The first-order valence-corrected chi connectivity index (χ1v) is 8.36. The van der Waals surface area contributed by atoms with Crippen LogP contribution in [-0.4, -0.2) is 35.1 Å². The van der Waals surface area contributed by atoms with Gasteiger partial charge in [0, 0.05) is 13.1 Å². The predicted octanol–water partition coefficient (Wildman–Crippen LogP) is 3.88. The molecule has 1 aliphatic heterocycles. The molecule has 1 atom stereocenters. The van der Waals surface area contributed by atoms with E-state index in [9.17, 15) is 9.59 Å². The van der Waals surface area contributed by atoms with Gasteiger partial charge in [-0.1, -0.05) is 19.8 Å². The lowest BCUT2D eigenvalue weighted by Crippen LogP contribution is -2.35. The van der Waals surface area contributed by atoms with Crippen molar-refractivity contribution in [3.8, 4) is 0 Å². The lowest BCUT2D eigenvalue weighted by molar-refractivity contribution is 0.0698. The highest BCUT2D eigenvalue weighted by Gasteiger charge is 2.22. The molecule has 1 unspecified atom stereocenters. The maximum atomic E-state index is 12.3. The Morgan fingerprint density at radius 3 is 2.95 bits per heavy atom. The largest absolute Gasteiger partial charge is 0.478 e. The minimum Gasteiger partial charge on any atom is -0.478 e. The fourth-order valence-electron chi connectivity index (χ4n) is 2.82. The van der Waals surface area contributed by atoms with Crippen molar-refractivity contribution in [3.63, 3.8) is 0 Å². The summed E-state index contributed by atoms with van der Waals surface area (Å²) in [4.78, 5) is 25.1. The zero-order valence-electron chi connectivity index (χ0n) is 12.3. The number of rotatable bonds is 4. The number of carboxylic acid groups (broad SMARTS) is 1. The molecule has 2 heterocycles. The van der Waals surface area contributed by atoms with Crippen LogP contribution in [0.3, 0.4) is 0 Å². The second kappa shape index (κ2) is 7.45. The third-order valence-electron chi connectivity index (χ3n) is 3.95. The van der Waals surface area contributed by atoms with Crippen LogP contribution in [0.5, 0.6) is 0 Å². The first-order chi connectivity index (χ1) is 10.1. The molecule has 0 aromatic carbocycles. The standard InChI is InChI=1S/C15H22N2O3S/c1-2-4-11-5-3-8-17(9-6-11)15(20)16-13-12(14(18)19)7-10-21-13/h7,10-11H,2-6,8-9H2,1H3,(H,16,20)(H,18,19). The Morgan fingerprint density at radius 2 is 2.24 bits per heavy atom. The smallest absolute Gasteiger partial charge is 0.338 e. The van der Waals surface area contributed by atoms with Gasteiger partial charge in [0.2, 0.25) is 0 Å². The van der Waals surface area contributed by atoms with Gasteiger partial charge in [-0.25, -0.2) is 9.59 Å². The molecule has 1 saturated heterocycles. The van der Waals surface area contributed by atoms with Crippen molar-refractivity contribution in [2.75, 3.05) is 18.4 Å². The molecule has 5 nitrogen and oxygen atoms in total. The summed E-state index contributed by atoms with van der Waals surface area (Å²) in [5.74, 6) is -0.297. The molecule has 0 saturated carbocycles. The Morgan fingerprint density at radius 1 is 1.43 bits per heavy atom. The van der Waals surface area contributed by atoms with Crippen LogP contribution in [0.1, 0.15) is 49.4 Å². The van der Waals surface area contributed by atoms with Gasteiger partial charge in [-0.2, -0.15) is 0 Å². The lowest BCUT2D eigenvalue weighted by Gasteiger charge is -2.21. The van der Waals surface area contributed by atoms with E-state index in [0.29, 0.717) is 10.9 Å². The molecule has 0 bridgehead atoms. The van der Waals surface area contributed by atoms with Gasteiger partial charge >= 0.3 is 12.0 Å². The van der Waals surface area contributed by atoms with Crippen LogP contribution in [0, 0.1) is 5.92 Å². The van der Waals surface area contributed by atoms with Crippen molar-refractivity contribution in [2.45, 2.75) is 39.0 Å². The summed E-state index contributed by atoms with van der Waals surface area (Å²) in [7, 11) is 0. The van der Waals surface area contributed by atoms with Gasteiger partial charge in [0.1, 0.15) is 5.00 Å². The van der Waals surface area contributed by atoms with Crippen molar-refractivity contribution in [1.29, 1.82) is 0 Å². The summed E-state index contributed by atoms with van der Waals surface area (Å²) in [6.07, 6.45) is 5.65. The summed E-state index contributed by atoms with van der Waals surface area (Å²) < 4.78 is 0. The number of carboxylic acids is 1. The summed E-state index contributed by atoms with van der Waals surface area (Å²) >= 11 is 1.24. The number of anilines is 1. The SMILES string of the molecule is CCCC1CCCN(C(=O)Nc2sccc2C(=O)O)CC1. The normalized spacial score (nSPS) is 19.1. The number of urea groups is 1. The maximum Gasteiger partial charge on any atom is 0.338 e. The van der Waals surface area contributed by atoms with E-state index < -0.39 is 5.97 Å². The fourth-order valence-corrected chi connectivity index (χ4v) is 3.58. The van der Waals surface area contributed by atoms with Crippen LogP contribution < -0.4 is 5.32 Å². The summed E-state index contributed by atoms with van der Waals surface area (Å²) in [5.41, 5.74) is 0.159. The Balaban J connectivity index is 1.94. The van der Waals surface area contributed by atoms with Gasteiger partial charge in [0.25, 0.3) is 0 Å². The van der Waals surface area contributed by atoms with Crippen LogP contribution in [0.4, 0.5) is 9.80 Å². The number of nitrogens with zero attached hydrogens (tertiary/aromatic N) is 1. The minimum absolute atomic E-state index is 0.159. The fraction of sp³-hybridized carbons (Fsp3) is 0.600. The number of likely N-dealkylation sites (tertiary alicyclic amines) is 1. The van der Waals surface area contributed by atoms with Crippen molar-refractivity contribution >= 4 is 28.3 Å². The van der Waals surface area contributed by atoms with Crippen molar-refractivity contribution in [1.82, 2.24) is 4.90 Å². The molecule has 0 radical (unpaired) electrons. The highest BCUT2D eigenvalue weighted by Crippen LogP contribution is 2.25. The van der Waals surface area contributed by atoms with Crippen molar-refractivity contribution < 1.29 is 14.7 Å². The first-order valence-electron chi connectivity index (χ1n) is 7.48. The molecule has 21 heavy (non-hydrogen) atoms. The summed E-state index contributed by atoms with van der Waals surface area (Å²) in [6, 6.07) is 1.33. The third kappa shape index (κ3) is 4.20. The van der Waals surface area contributed by atoms with Crippen LogP contribution in [0.2, 0.25) is 0 Å². The Labute approximate surface area is 129 Å². The number of nitrogens with one attached hydrogen (secondary N) is 1. The van der Waals surface area contributed by atoms with Gasteiger partial charge in [-0.05, 0) is 36.6 Å². The Bertz CT molecular complexity index is 501. The van der Waals surface area contributed by atoms with Crippen molar-refractivity contribution in [3.05, 3.63) is 17.0 Å².